The van der Waals surface area contributed by atoms with Gasteiger partial charge in [-0.05, 0) is 44.0 Å². The number of ether oxygens (including phenoxy) is 5. The summed E-state index contributed by atoms with van der Waals surface area (Å²) in [4.78, 5) is 29.4. The largest absolute Gasteiger partial charge is 0.494 e. The van der Waals surface area contributed by atoms with Crippen LogP contribution in [0.3, 0.4) is 0 Å². The van der Waals surface area contributed by atoms with Crippen molar-refractivity contribution >= 4 is 12.4 Å². The molecular weight excluding hydrogens is 548 g/mol. The third-order valence-corrected chi connectivity index (χ3v) is 7.75. The average Bonchev–Trinajstić information content (AvgIpc) is 3.01. The highest BCUT2D eigenvalue weighted by Crippen LogP contribution is 2.38. The monoisotopic (exact) mass is 596 g/mol. The smallest absolute Gasteiger partial charge is 0.410 e. The van der Waals surface area contributed by atoms with Crippen molar-refractivity contribution in [1.29, 1.82) is 0 Å². The summed E-state index contributed by atoms with van der Waals surface area (Å²) in [6, 6.07) is 18.1. The molecule has 0 spiro atoms. The van der Waals surface area contributed by atoms with Gasteiger partial charge >= 0.3 is 6.09 Å². The van der Waals surface area contributed by atoms with E-state index in [1.54, 1.807) is 4.90 Å². The van der Waals surface area contributed by atoms with Crippen molar-refractivity contribution < 1.29 is 33.3 Å². The van der Waals surface area contributed by atoms with Crippen LogP contribution in [0.1, 0.15) is 44.2 Å². The zero-order valence-corrected chi connectivity index (χ0v) is 26.0. The number of likely N-dealkylation sites (tertiary alicyclic amines) is 1. The Morgan fingerprint density at radius 1 is 0.953 bits per heavy atom. The van der Waals surface area contributed by atoms with Crippen LogP contribution in [-0.4, -0.2) is 100 Å². The molecule has 2 aromatic carbocycles. The minimum Gasteiger partial charge on any atom is -0.494 e. The molecule has 2 aromatic rings. The number of amides is 1. The Bertz CT molecular complexity index is 1100. The fourth-order valence-corrected chi connectivity index (χ4v) is 5.62. The number of hydrogen-bond donors (Lipinski definition) is 0. The molecule has 2 heterocycles. The molecule has 236 valence electrons. The first kappa shape index (κ1) is 32.9. The van der Waals surface area contributed by atoms with Crippen LogP contribution in [0, 0.1) is 11.8 Å². The van der Waals surface area contributed by atoms with Crippen molar-refractivity contribution in [2.75, 3.05) is 72.4 Å². The lowest BCUT2D eigenvalue weighted by atomic mass is 9.74. The Labute approximate surface area is 256 Å². The van der Waals surface area contributed by atoms with Crippen molar-refractivity contribution in [2.45, 2.75) is 45.3 Å². The molecule has 0 bridgehead atoms. The second-order valence-corrected chi connectivity index (χ2v) is 12.3. The van der Waals surface area contributed by atoms with Crippen LogP contribution in [-0.2, 0) is 30.3 Å². The Morgan fingerprint density at radius 3 is 2.40 bits per heavy atom. The molecule has 0 N–H and O–H groups in total. The first-order valence-electron chi connectivity index (χ1n) is 15.5. The minimum atomic E-state index is -0.612. The SMILES string of the molecule is CC(C)(C)OC(=O)N1CC(C=O)C(c2ccc(OCCCOCc3ccccc3)cc2)C(COCCN2CCOCC2)C1. The van der Waals surface area contributed by atoms with E-state index in [0.29, 0.717) is 46.1 Å². The van der Waals surface area contributed by atoms with E-state index in [-0.39, 0.29) is 17.8 Å². The van der Waals surface area contributed by atoms with Crippen molar-refractivity contribution in [3.8, 4) is 5.75 Å². The summed E-state index contributed by atoms with van der Waals surface area (Å²) < 4.78 is 29.0. The standard InChI is InChI=1S/C34H48N2O7/c1-34(2,3)43-33(38)36-22-29(24-37)32(30(23-36)26-41-21-16-35-14-19-39-20-15-35)28-10-12-31(13-11-28)42-18-7-17-40-25-27-8-5-4-6-9-27/h4-6,8-13,24,29-30,32H,7,14-23,25-26H2,1-3H3. The van der Waals surface area contributed by atoms with E-state index < -0.39 is 11.7 Å². The number of rotatable bonds is 14. The van der Waals surface area contributed by atoms with Crippen molar-refractivity contribution in [2.24, 2.45) is 11.8 Å². The number of aldehydes is 1. The van der Waals surface area contributed by atoms with E-state index in [1.807, 2.05) is 63.2 Å². The molecule has 43 heavy (non-hydrogen) atoms. The van der Waals surface area contributed by atoms with E-state index in [0.717, 1.165) is 62.4 Å². The second-order valence-electron chi connectivity index (χ2n) is 12.3. The van der Waals surface area contributed by atoms with Crippen molar-refractivity contribution in [3.63, 3.8) is 0 Å². The number of piperidine rings is 1. The van der Waals surface area contributed by atoms with Gasteiger partial charge in [0.2, 0.25) is 0 Å². The van der Waals surface area contributed by atoms with Gasteiger partial charge in [-0.3, -0.25) is 4.90 Å². The van der Waals surface area contributed by atoms with Crippen LogP contribution in [0.15, 0.2) is 54.6 Å². The third-order valence-electron chi connectivity index (χ3n) is 7.75. The molecule has 2 aliphatic rings. The van der Waals surface area contributed by atoms with E-state index in [2.05, 4.69) is 17.0 Å². The van der Waals surface area contributed by atoms with Crippen LogP contribution in [0.5, 0.6) is 5.75 Å². The molecule has 0 aliphatic carbocycles. The fourth-order valence-electron chi connectivity index (χ4n) is 5.62. The molecule has 2 fully saturated rings. The maximum absolute atomic E-state index is 13.0. The molecule has 2 aliphatic heterocycles. The van der Waals surface area contributed by atoms with Gasteiger partial charge in [0.15, 0.2) is 0 Å². The van der Waals surface area contributed by atoms with Crippen LogP contribution < -0.4 is 4.74 Å². The Hall–Kier alpha value is -2.98. The zero-order valence-electron chi connectivity index (χ0n) is 26.0. The molecule has 0 saturated carbocycles. The Balaban J connectivity index is 1.33. The fraction of sp³-hybridized carbons (Fsp3) is 0.588. The van der Waals surface area contributed by atoms with Gasteiger partial charge in [0.1, 0.15) is 17.6 Å². The first-order valence-corrected chi connectivity index (χ1v) is 15.5. The van der Waals surface area contributed by atoms with Gasteiger partial charge in [-0.1, -0.05) is 42.5 Å². The van der Waals surface area contributed by atoms with Gasteiger partial charge in [-0.2, -0.15) is 0 Å². The summed E-state index contributed by atoms with van der Waals surface area (Å²) in [7, 11) is 0. The summed E-state index contributed by atoms with van der Waals surface area (Å²) in [6.45, 7) is 13.3. The molecular formula is C34H48N2O7. The average molecular weight is 597 g/mol. The first-order chi connectivity index (χ1) is 20.8. The summed E-state index contributed by atoms with van der Waals surface area (Å²) >= 11 is 0. The van der Waals surface area contributed by atoms with E-state index in [4.69, 9.17) is 23.7 Å². The quantitative estimate of drug-likeness (QED) is 0.227. The predicted molar refractivity (Wildman–Crippen MR) is 164 cm³/mol. The van der Waals surface area contributed by atoms with E-state index in [1.165, 1.54) is 0 Å². The normalized spacial score (nSPS) is 21.4. The maximum atomic E-state index is 13.0. The summed E-state index contributed by atoms with van der Waals surface area (Å²) in [5, 5.41) is 0. The van der Waals surface area contributed by atoms with E-state index in [9.17, 15) is 9.59 Å². The van der Waals surface area contributed by atoms with Crippen LogP contribution >= 0.6 is 0 Å². The summed E-state index contributed by atoms with van der Waals surface area (Å²) in [5.41, 5.74) is 1.59. The van der Waals surface area contributed by atoms with Gasteiger partial charge in [-0.25, -0.2) is 4.79 Å². The van der Waals surface area contributed by atoms with Gasteiger partial charge in [0.05, 0.1) is 46.2 Å². The number of benzene rings is 2. The highest BCUT2D eigenvalue weighted by molar-refractivity contribution is 5.70. The molecule has 4 rings (SSSR count). The molecule has 9 heteroatoms. The summed E-state index contributed by atoms with van der Waals surface area (Å²) in [6.07, 6.45) is 1.36. The van der Waals surface area contributed by atoms with Gasteiger partial charge in [-0.15, -0.1) is 0 Å². The van der Waals surface area contributed by atoms with Crippen molar-refractivity contribution in [3.05, 3.63) is 65.7 Å². The third kappa shape index (κ3) is 10.9. The highest BCUT2D eigenvalue weighted by Gasteiger charge is 2.40. The zero-order chi connectivity index (χ0) is 30.5. The molecule has 2 saturated heterocycles. The molecule has 9 nitrogen and oxygen atoms in total. The number of nitrogens with zero attached hydrogens (tertiary/aromatic N) is 2. The van der Waals surface area contributed by atoms with Gasteiger partial charge < -0.3 is 33.4 Å². The lowest BCUT2D eigenvalue weighted by Crippen LogP contribution is -2.51. The minimum absolute atomic E-state index is 0.0605. The molecule has 0 aromatic heterocycles. The number of carbonyl (C=O) groups is 2. The Morgan fingerprint density at radius 2 is 1.70 bits per heavy atom. The number of morpholine rings is 1. The van der Waals surface area contributed by atoms with Crippen LogP contribution in [0.25, 0.3) is 0 Å². The van der Waals surface area contributed by atoms with Gasteiger partial charge in [0.25, 0.3) is 0 Å². The molecule has 3 atom stereocenters. The van der Waals surface area contributed by atoms with Crippen LogP contribution in [0.2, 0.25) is 0 Å². The van der Waals surface area contributed by atoms with Crippen LogP contribution in [0.4, 0.5) is 4.79 Å². The number of hydrogen-bond acceptors (Lipinski definition) is 8. The maximum Gasteiger partial charge on any atom is 0.410 e. The van der Waals surface area contributed by atoms with E-state index >= 15 is 0 Å². The lowest BCUT2D eigenvalue weighted by molar-refractivity contribution is -0.114. The van der Waals surface area contributed by atoms with Gasteiger partial charge in [0, 0.05) is 56.9 Å². The topological polar surface area (TPSA) is 86.8 Å². The van der Waals surface area contributed by atoms with Crippen molar-refractivity contribution in [1.82, 2.24) is 9.80 Å². The molecule has 0 radical (unpaired) electrons. The number of carbonyl (C=O) groups excluding carboxylic acids is 2. The predicted octanol–water partition coefficient (Wildman–Crippen LogP) is 4.79. The molecule has 1 amide bonds. The second kappa shape index (κ2) is 16.8. The highest BCUT2D eigenvalue weighted by atomic mass is 16.6. The molecule has 3 unspecified atom stereocenters. The Kier molecular flexibility index (Phi) is 12.8. The summed E-state index contributed by atoms with van der Waals surface area (Å²) in [5.74, 6) is 0.260. The lowest BCUT2D eigenvalue weighted by Gasteiger charge is -2.42.